The van der Waals surface area contributed by atoms with Crippen LogP contribution in [0.3, 0.4) is 0 Å². The molecule has 1 unspecified atom stereocenters. The first-order valence-electron chi connectivity index (χ1n) is 10.5. The second-order valence-corrected chi connectivity index (χ2v) is 7.81. The molecule has 1 fully saturated rings. The van der Waals surface area contributed by atoms with Crippen molar-refractivity contribution in [3.8, 4) is 5.75 Å². The van der Waals surface area contributed by atoms with E-state index < -0.39 is 11.6 Å². The maximum absolute atomic E-state index is 13.4. The lowest BCUT2D eigenvalue weighted by Crippen LogP contribution is -2.51. The molecule has 2 aromatic carbocycles. The van der Waals surface area contributed by atoms with Crippen LogP contribution in [-0.2, 0) is 20.8 Å². The highest BCUT2D eigenvalue weighted by Crippen LogP contribution is 2.32. The lowest BCUT2D eigenvalue weighted by Gasteiger charge is -2.35. The summed E-state index contributed by atoms with van der Waals surface area (Å²) in [6.45, 7) is 3.42. The van der Waals surface area contributed by atoms with E-state index >= 15 is 0 Å². The summed E-state index contributed by atoms with van der Waals surface area (Å²) >= 11 is 0. The highest BCUT2D eigenvalue weighted by Gasteiger charge is 2.45. The van der Waals surface area contributed by atoms with Crippen molar-refractivity contribution in [1.29, 1.82) is 0 Å². The maximum atomic E-state index is 13.4. The van der Waals surface area contributed by atoms with Crippen LogP contribution in [0.25, 0.3) is 0 Å². The van der Waals surface area contributed by atoms with E-state index in [1.165, 1.54) is 5.56 Å². The molecule has 6 nitrogen and oxygen atoms in total. The molecule has 0 saturated carbocycles. The predicted octanol–water partition coefficient (Wildman–Crippen LogP) is 3.18. The number of ketones is 1. The van der Waals surface area contributed by atoms with Crippen LogP contribution < -0.4 is 16.0 Å². The maximum Gasteiger partial charge on any atom is 0.328 e. The van der Waals surface area contributed by atoms with E-state index in [1.807, 2.05) is 49.4 Å². The van der Waals surface area contributed by atoms with Gasteiger partial charge in [-0.1, -0.05) is 49.4 Å². The lowest BCUT2D eigenvalue weighted by molar-refractivity contribution is -0.156. The van der Waals surface area contributed by atoms with E-state index in [2.05, 4.69) is 22.3 Å². The molecule has 6 heteroatoms. The summed E-state index contributed by atoms with van der Waals surface area (Å²) in [5.41, 5.74) is 1.09. The Labute approximate surface area is 177 Å². The van der Waals surface area contributed by atoms with Gasteiger partial charge in [0.2, 0.25) is 0 Å². The van der Waals surface area contributed by atoms with Crippen LogP contribution in [0, 0.1) is 5.92 Å². The van der Waals surface area contributed by atoms with E-state index in [4.69, 9.17) is 10.6 Å². The minimum absolute atomic E-state index is 0.0507. The zero-order valence-electron chi connectivity index (χ0n) is 17.4. The van der Waals surface area contributed by atoms with Crippen molar-refractivity contribution in [3.05, 3.63) is 65.7 Å². The molecular formula is C24H30N2O4. The number of nitrogens with two attached hydrogens (primary N) is 1. The molecule has 1 aliphatic heterocycles. The number of nitrogens with one attached hydrogen (secondary N) is 1. The van der Waals surface area contributed by atoms with Gasteiger partial charge >= 0.3 is 5.97 Å². The molecule has 0 aromatic heterocycles. The van der Waals surface area contributed by atoms with Crippen molar-refractivity contribution in [2.75, 3.05) is 13.1 Å². The Hall–Kier alpha value is -2.70. The fourth-order valence-corrected chi connectivity index (χ4v) is 4.01. The summed E-state index contributed by atoms with van der Waals surface area (Å²) in [6.07, 6.45) is 2.44. The first-order chi connectivity index (χ1) is 14.6. The number of benzene rings is 2. The molecule has 0 aliphatic carbocycles. The van der Waals surface area contributed by atoms with Gasteiger partial charge in [0.1, 0.15) is 5.75 Å². The van der Waals surface area contributed by atoms with Crippen molar-refractivity contribution in [3.63, 3.8) is 0 Å². The summed E-state index contributed by atoms with van der Waals surface area (Å²) < 4.78 is 6.22. The number of carbonyl (C=O) groups is 2. The predicted molar refractivity (Wildman–Crippen MR) is 115 cm³/mol. The van der Waals surface area contributed by atoms with Crippen LogP contribution in [0.15, 0.2) is 54.6 Å². The smallest absolute Gasteiger partial charge is 0.328 e. The third-order valence-corrected chi connectivity index (χ3v) is 5.78. The fraction of sp³-hybridized carbons (Fsp3) is 0.417. The van der Waals surface area contributed by atoms with E-state index in [9.17, 15) is 9.59 Å². The second kappa shape index (κ2) is 10.4. The molecule has 160 valence electrons. The molecule has 1 atom stereocenters. The summed E-state index contributed by atoms with van der Waals surface area (Å²) in [6, 6.07) is 17.9. The Balaban J connectivity index is 1.79. The molecule has 1 aliphatic rings. The SMILES string of the molecule is CCC(CC(=O)ON)(Oc1ccc(Cc2ccccc2)cc1)C(=O)C1CCNCC1. The third-order valence-electron chi connectivity index (χ3n) is 5.78. The molecule has 1 heterocycles. The summed E-state index contributed by atoms with van der Waals surface area (Å²) in [5, 5.41) is 3.26. The molecule has 0 bridgehead atoms. The van der Waals surface area contributed by atoms with E-state index in [0.29, 0.717) is 12.2 Å². The van der Waals surface area contributed by atoms with Gasteiger partial charge in [-0.25, -0.2) is 0 Å². The van der Waals surface area contributed by atoms with Crippen LogP contribution in [0.1, 0.15) is 43.7 Å². The standard InChI is InChI=1S/C24H30N2O4/c1-2-24(17-22(27)30-25,23(28)20-12-14-26-15-13-20)29-21-10-8-19(9-11-21)16-18-6-4-3-5-7-18/h3-11,20,26H,2,12-17,25H2,1H3. The Morgan fingerprint density at radius 1 is 1.03 bits per heavy atom. The van der Waals surface area contributed by atoms with Gasteiger partial charge in [-0.3, -0.25) is 9.59 Å². The van der Waals surface area contributed by atoms with Gasteiger partial charge in [0, 0.05) is 5.92 Å². The van der Waals surface area contributed by atoms with Crippen LogP contribution >= 0.6 is 0 Å². The molecule has 30 heavy (non-hydrogen) atoms. The van der Waals surface area contributed by atoms with Gasteiger partial charge in [0.15, 0.2) is 11.4 Å². The van der Waals surface area contributed by atoms with Gasteiger partial charge in [-0.05, 0) is 62.0 Å². The zero-order chi connectivity index (χ0) is 21.4. The molecule has 3 N–H and O–H groups in total. The van der Waals surface area contributed by atoms with Crippen molar-refractivity contribution < 1.29 is 19.2 Å². The third kappa shape index (κ3) is 5.46. The van der Waals surface area contributed by atoms with Crippen molar-refractivity contribution in [2.24, 2.45) is 11.8 Å². The first kappa shape index (κ1) is 22.0. The Kier molecular flexibility index (Phi) is 7.60. The number of hydrogen-bond donors (Lipinski definition) is 2. The summed E-state index contributed by atoms with van der Waals surface area (Å²) in [7, 11) is 0. The number of ether oxygens (including phenoxy) is 1. The number of Topliss-reactive ketones (excluding diaryl/α,β-unsaturated/α-hetero) is 1. The number of piperidine rings is 1. The van der Waals surface area contributed by atoms with Crippen LogP contribution in [0.2, 0.25) is 0 Å². The quantitative estimate of drug-likeness (QED) is 0.617. The Morgan fingerprint density at radius 2 is 1.67 bits per heavy atom. The minimum Gasteiger partial charge on any atom is -0.479 e. The largest absolute Gasteiger partial charge is 0.479 e. The fourth-order valence-electron chi connectivity index (χ4n) is 4.01. The molecule has 0 amide bonds. The second-order valence-electron chi connectivity index (χ2n) is 7.81. The molecule has 0 spiro atoms. The Morgan fingerprint density at radius 3 is 2.27 bits per heavy atom. The minimum atomic E-state index is -1.28. The van der Waals surface area contributed by atoms with Crippen LogP contribution in [0.5, 0.6) is 5.75 Å². The average Bonchev–Trinajstić information content (AvgIpc) is 2.80. The van der Waals surface area contributed by atoms with Crippen LogP contribution in [0.4, 0.5) is 0 Å². The van der Waals surface area contributed by atoms with Gasteiger partial charge in [-0.2, -0.15) is 5.90 Å². The number of rotatable bonds is 9. The van der Waals surface area contributed by atoms with E-state index in [1.54, 1.807) is 0 Å². The van der Waals surface area contributed by atoms with Crippen molar-refractivity contribution in [2.45, 2.75) is 44.6 Å². The normalized spacial score (nSPS) is 16.5. The van der Waals surface area contributed by atoms with E-state index in [-0.39, 0.29) is 18.1 Å². The monoisotopic (exact) mass is 410 g/mol. The number of carbonyl (C=O) groups excluding carboxylic acids is 2. The van der Waals surface area contributed by atoms with Gasteiger partial charge < -0.3 is 14.9 Å². The lowest BCUT2D eigenvalue weighted by atomic mass is 9.80. The molecule has 0 radical (unpaired) electrons. The molecular weight excluding hydrogens is 380 g/mol. The summed E-state index contributed by atoms with van der Waals surface area (Å²) in [4.78, 5) is 29.8. The molecule has 3 rings (SSSR count). The van der Waals surface area contributed by atoms with Gasteiger partial charge in [-0.15, -0.1) is 0 Å². The van der Waals surface area contributed by atoms with Gasteiger partial charge in [0.05, 0.1) is 6.42 Å². The van der Waals surface area contributed by atoms with Gasteiger partial charge in [0.25, 0.3) is 0 Å². The van der Waals surface area contributed by atoms with E-state index in [0.717, 1.165) is 37.9 Å². The van der Waals surface area contributed by atoms with Crippen molar-refractivity contribution in [1.82, 2.24) is 5.32 Å². The zero-order valence-corrected chi connectivity index (χ0v) is 17.4. The highest BCUT2D eigenvalue weighted by atomic mass is 16.7. The number of hydrogen-bond acceptors (Lipinski definition) is 6. The topological polar surface area (TPSA) is 90.7 Å². The average molecular weight is 411 g/mol. The highest BCUT2D eigenvalue weighted by molar-refractivity contribution is 5.93. The Bertz CT molecular complexity index is 832. The molecule has 2 aromatic rings. The summed E-state index contributed by atoms with van der Waals surface area (Å²) in [5.74, 6) is 4.78. The van der Waals surface area contributed by atoms with Crippen molar-refractivity contribution >= 4 is 11.8 Å². The van der Waals surface area contributed by atoms with Crippen LogP contribution in [-0.4, -0.2) is 30.4 Å². The molecule has 1 saturated heterocycles. The first-order valence-corrected chi connectivity index (χ1v) is 10.5.